The fraction of sp³-hybridized carbons (Fsp3) is 0.381. The lowest BCUT2D eigenvalue weighted by Gasteiger charge is -2.27. The summed E-state index contributed by atoms with van der Waals surface area (Å²) in [5.41, 5.74) is 2.40. The fourth-order valence-corrected chi connectivity index (χ4v) is 3.66. The second-order valence-electron chi connectivity index (χ2n) is 7.03. The molecule has 2 aliphatic heterocycles. The lowest BCUT2D eigenvalue weighted by Crippen LogP contribution is -2.35. The maximum Gasteiger partial charge on any atom is 0.217 e. The van der Waals surface area contributed by atoms with Crippen molar-refractivity contribution in [1.82, 2.24) is 10.2 Å². The van der Waals surface area contributed by atoms with Gasteiger partial charge in [0.25, 0.3) is 0 Å². The maximum atomic E-state index is 11.2. The van der Waals surface area contributed by atoms with Crippen molar-refractivity contribution >= 4 is 5.91 Å². The summed E-state index contributed by atoms with van der Waals surface area (Å²) in [4.78, 5) is 13.6. The number of rotatable bonds is 4. The molecule has 1 fully saturated rings. The topological polar surface area (TPSA) is 50.8 Å². The van der Waals surface area contributed by atoms with Gasteiger partial charge in [-0.15, -0.1) is 0 Å². The minimum atomic E-state index is -0.0742. The van der Waals surface area contributed by atoms with Crippen molar-refractivity contribution in [1.29, 1.82) is 0 Å². The first-order chi connectivity index (χ1) is 12.7. The molecule has 5 nitrogen and oxygen atoms in total. The molecule has 1 saturated heterocycles. The molecule has 2 aromatic rings. The Balaban J connectivity index is 1.35. The minimum absolute atomic E-state index is 0.0532. The van der Waals surface area contributed by atoms with Crippen LogP contribution in [0.5, 0.6) is 11.5 Å². The van der Waals surface area contributed by atoms with Gasteiger partial charge in [-0.3, -0.25) is 9.69 Å². The molecule has 0 saturated carbocycles. The van der Waals surface area contributed by atoms with E-state index in [1.54, 1.807) is 6.92 Å². The Kier molecular flexibility index (Phi) is 4.80. The first kappa shape index (κ1) is 16.9. The second-order valence-corrected chi connectivity index (χ2v) is 7.03. The van der Waals surface area contributed by atoms with Gasteiger partial charge in [-0.05, 0) is 29.7 Å². The summed E-state index contributed by atoms with van der Waals surface area (Å²) < 4.78 is 11.9. The van der Waals surface area contributed by atoms with Crippen LogP contribution < -0.4 is 14.8 Å². The number of ether oxygens (including phenoxy) is 2. The van der Waals surface area contributed by atoms with Crippen molar-refractivity contribution in [2.45, 2.75) is 32.0 Å². The van der Waals surface area contributed by atoms with Crippen molar-refractivity contribution in [2.75, 3.05) is 19.7 Å². The average molecular weight is 352 g/mol. The summed E-state index contributed by atoms with van der Waals surface area (Å²) >= 11 is 0. The van der Waals surface area contributed by atoms with Crippen LogP contribution in [0.15, 0.2) is 48.5 Å². The number of hydrogen-bond donors (Lipinski definition) is 1. The summed E-state index contributed by atoms with van der Waals surface area (Å²) in [6.07, 6.45) is 0.944. The van der Waals surface area contributed by atoms with E-state index >= 15 is 0 Å². The minimum Gasteiger partial charge on any atom is -0.485 e. The molecule has 2 aliphatic rings. The van der Waals surface area contributed by atoms with Gasteiger partial charge in [0.2, 0.25) is 5.91 Å². The number of nitrogens with one attached hydrogen (secondary N) is 1. The van der Waals surface area contributed by atoms with Gasteiger partial charge in [0.1, 0.15) is 6.61 Å². The zero-order valence-electron chi connectivity index (χ0n) is 15.0. The molecule has 0 spiro atoms. The van der Waals surface area contributed by atoms with E-state index < -0.39 is 0 Å². The largest absolute Gasteiger partial charge is 0.485 e. The van der Waals surface area contributed by atoms with Crippen molar-refractivity contribution in [3.63, 3.8) is 0 Å². The van der Waals surface area contributed by atoms with Crippen LogP contribution in [0.25, 0.3) is 0 Å². The molecule has 1 N–H and O–H groups in total. The first-order valence-electron chi connectivity index (χ1n) is 9.14. The Bertz CT molecular complexity index is 775. The van der Waals surface area contributed by atoms with Crippen LogP contribution in [0, 0.1) is 0 Å². The predicted molar refractivity (Wildman–Crippen MR) is 99.2 cm³/mol. The molecule has 4 rings (SSSR count). The highest BCUT2D eigenvalue weighted by Gasteiger charge is 2.24. The Morgan fingerprint density at radius 2 is 1.92 bits per heavy atom. The van der Waals surface area contributed by atoms with Crippen LogP contribution in [0.4, 0.5) is 0 Å². The molecule has 0 aromatic heterocycles. The van der Waals surface area contributed by atoms with E-state index in [2.05, 4.69) is 34.5 Å². The van der Waals surface area contributed by atoms with Gasteiger partial charge in [-0.1, -0.05) is 36.4 Å². The number of amides is 1. The van der Waals surface area contributed by atoms with Crippen molar-refractivity contribution < 1.29 is 14.3 Å². The SMILES string of the molecule is CC(=O)NC1CCN(Cc2ccc([C@H]3COc4ccccc4O3)cc2)C1. The maximum absolute atomic E-state index is 11.2. The van der Waals surface area contributed by atoms with Gasteiger partial charge >= 0.3 is 0 Å². The number of nitrogens with zero attached hydrogens (tertiary/aromatic N) is 1. The van der Waals surface area contributed by atoms with E-state index in [4.69, 9.17) is 9.47 Å². The van der Waals surface area contributed by atoms with E-state index in [-0.39, 0.29) is 18.1 Å². The molecular weight excluding hydrogens is 328 g/mol. The normalized spacial score (nSPS) is 22.2. The van der Waals surface area contributed by atoms with Gasteiger partial charge in [-0.25, -0.2) is 0 Å². The molecule has 5 heteroatoms. The van der Waals surface area contributed by atoms with Gasteiger partial charge in [-0.2, -0.15) is 0 Å². The van der Waals surface area contributed by atoms with Crippen molar-refractivity contribution in [2.24, 2.45) is 0 Å². The molecule has 2 aromatic carbocycles. The lowest BCUT2D eigenvalue weighted by molar-refractivity contribution is -0.119. The van der Waals surface area contributed by atoms with Crippen molar-refractivity contribution in [3.05, 3.63) is 59.7 Å². The first-order valence-corrected chi connectivity index (χ1v) is 9.14. The van der Waals surface area contributed by atoms with Crippen LogP contribution >= 0.6 is 0 Å². The fourth-order valence-electron chi connectivity index (χ4n) is 3.66. The van der Waals surface area contributed by atoms with Gasteiger partial charge < -0.3 is 14.8 Å². The Hall–Kier alpha value is -2.53. The predicted octanol–water partition coefficient (Wildman–Crippen LogP) is 2.91. The zero-order valence-corrected chi connectivity index (χ0v) is 15.0. The number of fused-ring (bicyclic) bond motifs is 1. The monoisotopic (exact) mass is 352 g/mol. The van der Waals surface area contributed by atoms with Crippen LogP contribution in [-0.2, 0) is 11.3 Å². The van der Waals surface area contributed by atoms with E-state index in [9.17, 15) is 4.79 Å². The summed E-state index contributed by atoms with van der Waals surface area (Å²) in [5.74, 6) is 1.66. The van der Waals surface area contributed by atoms with Crippen LogP contribution in [0.3, 0.4) is 0 Å². The summed E-state index contributed by atoms with van der Waals surface area (Å²) in [6, 6.07) is 16.6. The van der Waals surface area contributed by atoms with Gasteiger partial charge in [0, 0.05) is 32.6 Å². The smallest absolute Gasteiger partial charge is 0.217 e. The molecule has 0 radical (unpaired) electrons. The third kappa shape index (κ3) is 3.83. The van der Waals surface area contributed by atoms with Gasteiger partial charge in [0.05, 0.1) is 0 Å². The quantitative estimate of drug-likeness (QED) is 0.919. The number of para-hydroxylation sites is 2. The Morgan fingerprint density at radius 1 is 1.15 bits per heavy atom. The van der Waals surface area contributed by atoms with Crippen LogP contribution in [0.1, 0.15) is 30.6 Å². The molecule has 136 valence electrons. The Labute approximate surface area is 153 Å². The number of likely N-dealkylation sites (tertiary alicyclic amines) is 1. The van der Waals surface area contributed by atoms with E-state index in [1.165, 1.54) is 5.56 Å². The van der Waals surface area contributed by atoms with Gasteiger partial charge in [0.15, 0.2) is 17.6 Å². The number of carbonyl (C=O) groups excluding carboxylic acids is 1. The third-order valence-corrected chi connectivity index (χ3v) is 4.95. The average Bonchev–Trinajstić information content (AvgIpc) is 3.08. The molecule has 2 heterocycles. The highest BCUT2D eigenvalue weighted by Crippen LogP contribution is 2.35. The molecule has 2 atom stereocenters. The summed E-state index contributed by atoms with van der Waals surface area (Å²) in [6.45, 7) is 4.94. The molecule has 26 heavy (non-hydrogen) atoms. The molecule has 1 amide bonds. The van der Waals surface area contributed by atoms with E-state index in [1.807, 2.05) is 24.3 Å². The van der Waals surface area contributed by atoms with Crippen LogP contribution in [0.2, 0.25) is 0 Å². The zero-order chi connectivity index (χ0) is 17.9. The number of carbonyl (C=O) groups is 1. The van der Waals surface area contributed by atoms with Crippen LogP contribution in [-0.4, -0.2) is 36.5 Å². The van der Waals surface area contributed by atoms with E-state index in [0.29, 0.717) is 6.61 Å². The van der Waals surface area contributed by atoms with E-state index in [0.717, 1.165) is 43.1 Å². The molecular formula is C21H24N2O3. The summed E-state index contributed by atoms with van der Waals surface area (Å²) in [5, 5.41) is 3.01. The Morgan fingerprint density at radius 3 is 2.69 bits per heavy atom. The number of hydrogen-bond acceptors (Lipinski definition) is 4. The molecule has 0 aliphatic carbocycles. The second kappa shape index (κ2) is 7.38. The highest BCUT2D eigenvalue weighted by atomic mass is 16.6. The summed E-state index contributed by atoms with van der Waals surface area (Å²) in [7, 11) is 0. The third-order valence-electron chi connectivity index (χ3n) is 4.95. The standard InChI is InChI=1S/C21H24N2O3/c1-15(24)22-18-10-11-23(13-18)12-16-6-8-17(9-7-16)21-14-25-19-4-2-3-5-20(19)26-21/h2-9,18,21H,10-14H2,1H3,(H,22,24)/t18?,21-/m1/s1. The number of benzene rings is 2. The van der Waals surface area contributed by atoms with Crippen molar-refractivity contribution in [3.8, 4) is 11.5 Å². The molecule has 0 bridgehead atoms. The lowest BCUT2D eigenvalue weighted by atomic mass is 10.1. The molecule has 1 unspecified atom stereocenters. The highest BCUT2D eigenvalue weighted by molar-refractivity contribution is 5.73.